The van der Waals surface area contributed by atoms with Gasteiger partial charge in [-0.3, -0.25) is 4.79 Å². The number of halogens is 1. The molecule has 0 heterocycles. The summed E-state index contributed by atoms with van der Waals surface area (Å²) >= 11 is 0. The van der Waals surface area contributed by atoms with E-state index in [2.05, 4.69) is 5.32 Å². The van der Waals surface area contributed by atoms with Crippen molar-refractivity contribution in [2.45, 2.75) is 6.54 Å². The lowest BCUT2D eigenvalue weighted by molar-refractivity contribution is -0.885. The highest BCUT2D eigenvalue weighted by Gasteiger charge is 2.14. The minimum absolute atomic E-state index is 0.181. The maximum atomic E-state index is 13.1. The van der Waals surface area contributed by atoms with Gasteiger partial charge in [-0.15, -0.1) is 0 Å². The fourth-order valence-electron chi connectivity index (χ4n) is 2.45. The third-order valence-electron chi connectivity index (χ3n) is 3.55. The molecular formula is C18H22FN2O3+. The summed E-state index contributed by atoms with van der Waals surface area (Å²) in [6, 6.07) is 11.4. The van der Waals surface area contributed by atoms with Gasteiger partial charge in [0.15, 0.2) is 6.54 Å². The number of benzene rings is 2. The number of rotatable bonds is 7. The van der Waals surface area contributed by atoms with Crippen LogP contribution in [0, 0.1) is 5.82 Å². The molecule has 0 aliphatic carbocycles. The smallest absolute Gasteiger partial charge is 0.279 e. The monoisotopic (exact) mass is 333 g/mol. The van der Waals surface area contributed by atoms with Gasteiger partial charge in [-0.2, -0.15) is 0 Å². The molecule has 2 aromatic rings. The molecule has 0 fully saturated rings. The van der Waals surface area contributed by atoms with E-state index in [-0.39, 0.29) is 18.3 Å². The number of methoxy groups -OCH3 is 2. The highest BCUT2D eigenvalue weighted by Crippen LogP contribution is 2.23. The molecule has 0 bridgehead atoms. The second-order valence-corrected chi connectivity index (χ2v) is 5.55. The summed E-state index contributed by atoms with van der Waals surface area (Å²) in [5, 5.41) is 2.69. The summed E-state index contributed by atoms with van der Waals surface area (Å²) in [6.07, 6.45) is 0. The molecule has 1 atom stereocenters. The van der Waals surface area contributed by atoms with Crippen LogP contribution in [-0.4, -0.2) is 33.7 Å². The summed E-state index contributed by atoms with van der Waals surface area (Å²) in [6.45, 7) is 0.841. The Morgan fingerprint density at radius 1 is 1.17 bits per heavy atom. The molecule has 6 heteroatoms. The Morgan fingerprint density at radius 2 is 1.96 bits per heavy atom. The van der Waals surface area contributed by atoms with Crippen LogP contribution in [-0.2, 0) is 11.3 Å². The minimum atomic E-state index is -0.380. The van der Waals surface area contributed by atoms with Crippen LogP contribution in [0.25, 0.3) is 0 Å². The fraction of sp³-hybridized carbons (Fsp3) is 0.278. The Balaban J connectivity index is 1.97. The van der Waals surface area contributed by atoms with Crippen LogP contribution in [0.4, 0.5) is 10.1 Å². The van der Waals surface area contributed by atoms with Crippen molar-refractivity contribution in [3.63, 3.8) is 0 Å². The molecule has 1 amide bonds. The van der Waals surface area contributed by atoms with Gasteiger partial charge in [0.05, 0.1) is 26.8 Å². The predicted octanol–water partition coefficient (Wildman–Crippen LogP) is 1.50. The van der Waals surface area contributed by atoms with Crippen LogP contribution in [0.15, 0.2) is 42.5 Å². The van der Waals surface area contributed by atoms with Gasteiger partial charge in [-0.25, -0.2) is 4.39 Å². The zero-order valence-corrected chi connectivity index (χ0v) is 14.1. The molecule has 0 aliphatic heterocycles. The molecule has 2 rings (SSSR count). The molecule has 24 heavy (non-hydrogen) atoms. The van der Waals surface area contributed by atoms with E-state index < -0.39 is 0 Å². The zero-order valence-electron chi connectivity index (χ0n) is 14.1. The van der Waals surface area contributed by atoms with E-state index in [1.165, 1.54) is 12.1 Å². The summed E-state index contributed by atoms with van der Waals surface area (Å²) in [4.78, 5) is 13.1. The van der Waals surface area contributed by atoms with Gasteiger partial charge < -0.3 is 19.7 Å². The Morgan fingerprint density at radius 3 is 2.62 bits per heavy atom. The lowest BCUT2D eigenvalue weighted by atomic mass is 10.1. The number of nitrogens with one attached hydrogen (secondary N) is 2. The second-order valence-electron chi connectivity index (χ2n) is 5.55. The lowest BCUT2D eigenvalue weighted by Gasteiger charge is -2.16. The summed E-state index contributed by atoms with van der Waals surface area (Å²) in [7, 11) is 5.12. The quantitative estimate of drug-likeness (QED) is 0.807. The number of hydrogen-bond acceptors (Lipinski definition) is 3. The molecule has 0 saturated carbocycles. The first kappa shape index (κ1) is 17.7. The third kappa shape index (κ3) is 4.96. The molecule has 0 aromatic heterocycles. The molecule has 5 nitrogen and oxygen atoms in total. The van der Waals surface area contributed by atoms with Gasteiger partial charge in [-0.1, -0.05) is 6.07 Å². The number of quaternary nitrogens is 1. The topological polar surface area (TPSA) is 52.0 Å². The van der Waals surface area contributed by atoms with E-state index in [1.54, 1.807) is 26.4 Å². The number of likely N-dealkylation sites (N-methyl/N-ethyl adjacent to an activating group) is 1. The van der Waals surface area contributed by atoms with E-state index >= 15 is 0 Å². The van der Waals surface area contributed by atoms with Crippen molar-refractivity contribution in [1.82, 2.24) is 0 Å². The lowest BCUT2D eigenvalue weighted by Crippen LogP contribution is -3.08. The fourth-order valence-corrected chi connectivity index (χ4v) is 2.45. The first-order valence-electron chi connectivity index (χ1n) is 7.59. The number of amides is 1. The van der Waals surface area contributed by atoms with E-state index in [4.69, 9.17) is 9.47 Å². The molecule has 0 spiro atoms. The Kier molecular flexibility index (Phi) is 6.14. The standard InChI is InChI=1S/C18H21FN2O3/c1-21(11-13-9-16(23-2)7-8-17(13)24-3)12-18(22)20-15-6-4-5-14(19)10-15/h4-10H,11-12H2,1-3H3,(H,20,22)/p+1. The predicted molar refractivity (Wildman–Crippen MR) is 90.0 cm³/mol. The van der Waals surface area contributed by atoms with Crippen molar-refractivity contribution in [3.8, 4) is 11.5 Å². The van der Waals surface area contributed by atoms with Crippen LogP contribution in [0.3, 0.4) is 0 Å². The molecular weight excluding hydrogens is 311 g/mol. The molecule has 0 aliphatic rings. The summed E-state index contributed by atoms with van der Waals surface area (Å²) in [5.74, 6) is 0.929. The first-order chi connectivity index (χ1) is 11.5. The van der Waals surface area contributed by atoms with Crippen LogP contribution < -0.4 is 19.7 Å². The Hall–Kier alpha value is -2.60. The Labute approximate surface area is 141 Å². The first-order valence-corrected chi connectivity index (χ1v) is 7.59. The maximum absolute atomic E-state index is 13.1. The number of ether oxygens (including phenoxy) is 2. The number of anilines is 1. The average molecular weight is 333 g/mol. The van der Waals surface area contributed by atoms with Gasteiger partial charge >= 0.3 is 0 Å². The molecule has 128 valence electrons. The molecule has 2 N–H and O–H groups in total. The highest BCUT2D eigenvalue weighted by atomic mass is 19.1. The normalized spacial score (nSPS) is 11.7. The Bertz CT molecular complexity index is 706. The van der Waals surface area contributed by atoms with E-state index in [9.17, 15) is 9.18 Å². The number of hydrogen-bond donors (Lipinski definition) is 2. The van der Waals surface area contributed by atoms with E-state index in [0.717, 1.165) is 22.0 Å². The summed E-state index contributed by atoms with van der Waals surface area (Å²) in [5.41, 5.74) is 1.40. The third-order valence-corrected chi connectivity index (χ3v) is 3.55. The van der Waals surface area contributed by atoms with Gasteiger partial charge in [0, 0.05) is 5.69 Å². The van der Waals surface area contributed by atoms with Crippen LogP contribution >= 0.6 is 0 Å². The van der Waals surface area contributed by atoms with Crippen molar-refractivity contribution >= 4 is 11.6 Å². The minimum Gasteiger partial charge on any atom is -0.497 e. The van der Waals surface area contributed by atoms with Gasteiger partial charge in [0.2, 0.25) is 0 Å². The molecule has 1 unspecified atom stereocenters. The van der Waals surface area contributed by atoms with Crippen molar-refractivity contribution in [2.75, 3.05) is 33.1 Å². The van der Waals surface area contributed by atoms with Crippen molar-refractivity contribution in [2.24, 2.45) is 0 Å². The van der Waals surface area contributed by atoms with Crippen LogP contribution in [0.1, 0.15) is 5.56 Å². The average Bonchev–Trinajstić information content (AvgIpc) is 2.54. The van der Waals surface area contributed by atoms with Crippen molar-refractivity contribution in [3.05, 3.63) is 53.8 Å². The molecule has 0 saturated heterocycles. The van der Waals surface area contributed by atoms with Gasteiger partial charge in [0.25, 0.3) is 5.91 Å². The van der Waals surface area contributed by atoms with Crippen LogP contribution in [0.5, 0.6) is 11.5 Å². The van der Waals surface area contributed by atoms with Crippen LogP contribution in [0.2, 0.25) is 0 Å². The van der Waals surface area contributed by atoms with Gasteiger partial charge in [-0.05, 0) is 36.4 Å². The van der Waals surface area contributed by atoms with E-state index in [1.807, 2.05) is 25.2 Å². The second kappa shape index (κ2) is 8.31. The van der Waals surface area contributed by atoms with Crippen molar-refractivity contribution < 1.29 is 23.6 Å². The zero-order chi connectivity index (χ0) is 17.5. The summed E-state index contributed by atoms with van der Waals surface area (Å²) < 4.78 is 23.7. The van der Waals surface area contributed by atoms with Crippen molar-refractivity contribution in [1.29, 1.82) is 0 Å². The largest absolute Gasteiger partial charge is 0.497 e. The maximum Gasteiger partial charge on any atom is 0.279 e. The SMILES string of the molecule is COc1ccc(OC)c(C[NH+](C)CC(=O)Nc2cccc(F)c2)c1. The van der Waals surface area contributed by atoms with E-state index in [0.29, 0.717) is 12.2 Å². The molecule has 0 radical (unpaired) electrons. The number of carbonyl (C=O) groups excluding carboxylic acids is 1. The highest BCUT2D eigenvalue weighted by molar-refractivity contribution is 5.91. The molecule has 2 aromatic carbocycles. The number of carbonyl (C=O) groups is 1. The van der Waals surface area contributed by atoms with Gasteiger partial charge in [0.1, 0.15) is 23.9 Å².